The maximum atomic E-state index is 12.8. The summed E-state index contributed by atoms with van der Waals surface area (Å²) in [7, 11) is -3.58. The van der Waals surface area contributed by atoms with E-state index in [1.54, 1.807) is 4.90 Å². The molecule has 0 saturated carbocycles. The summed E-state index contributed by atoms with van der Waals surface area (Å²) in [6, 6.07) is 13.4. The molecule has 0 spiro atoms. The fraction of sp³-hybridized carbons (Fsp3) is 0.350. The van der Waals surface area contributed by atoms with E-state index in [4.69, 9.17) is 0 Å². The number of anilines is 1. The molecule has 1 aliphatic heterocycles. The summed E-state index contributed by atoms with van der Waals surface area (Å²) in [6.45, 7) is 5.88. The number of sulfone groups is 1. The fourth-order valence-electron chi connectivity index (χ4n) is 3.24. The van der Waals surface area contributed by atoms with Gasteiger partial charge in [-0.1, -0.05) is 42.0 Å². The lowest BCUT2D eigenvalue weighted by molar-refractivity contribution is -0.117. The van der Waals surface area contributed by atoms with Crippen molar-refractivity contribution < 1.29 is 13.2 Å². The summed E-state index contributed by atoms with van der Waals surface area (Å²) in [5.74, 6) is -0.446. The van der Waals surface area contributed by atoms with Gasteiger partial charge in [0.15, 0.2) is 9.84 Å². The van der Waals surface area contributed by atoms with Crippen LogP contribution in [-0.4, -0.2) is 26.1 Å². The van der Waals surface area contributed by atoms with E-state index in [0.717, 1.165) is 34.4 Å². The van der Waals surface area contributed by atoms with Crippen LogP contribution < -0.4 is 4.90 Å². The first-order valence-electron chi connectivity index (χ1n) is 8.46. The zero-order chi connectivity index (χ0) is 18.2. The Kier molecular flexibility index (Phi) is 4.69. The maximum Gasteiger partial charge on any atom is 0.245 e. The van der Waals surface area contributed by atoms with Crippen molar-refractivity contribution in [2.45, 2.75) is 38.2 Å². The quantitative estimate of drug-likeness (QED) is 0.844. The highest BCUT2D eigenvalue weighted by molar-refractivity contribution is 7.92. The molecule has 0 fully saturated rings. The van der Waals surface area contributed by atoms with Crippen molar-refractivity contribution in [3.05, 3.63) is 64.7 Å². The summed E-state index contributed by atoms with van der Waals surface area (Å²) >= 11 is 0. The van der Waals surface area contributed by atoms with E-state index in [0.29, 0.717) is 6.54 Å². The van der Waals surface area contributed by atoms with Crippen molar-refractivity contribution in [3.8, 4) is 0 Å². The van der Waals surface area contributed by atoms with Crippen molar-refractivity contribution in [1.82, 2.24) is 0 Å². The molecular weight excluding hydrogens is 334 g/mol. The molecule has 0 aliphatic carbocycles. The van der Waals surface area contributed by atoms with Crippen LogP contribution in [0.4, 0.5) is 5.69 Å². The Labute approximate surface area is 149 Å². The van der Waals surface area contributed by atoms with Crippen molar-refractivity contribution >= 4 is 21.4 Å². The average molecular weight is 357 g/mol. The minimum absolute atomic E-state index is 0.108. The van der Waals surface area contributed by atoms with Gasteiger partial charge in [0.25, 0.3) is 0 Å². The molecule has 1 unspecified atom stereocenters. The van der Waals surface area contributed by atoms with Crippen LogP contribution in [0.25, 0.3) is 0 Å². The van der Waals surface area contributed by atoms with Crippen LogP contribution >= 0.6 is 0 Å². The number of aryl methyl sites for hydroxylation is 2. The second-order valence-electron chi connectivity index (χ2n) is 6.75. The van der Waals surface area contributed by atoms with E-state index in [-0.39, 0.29) is 11.7 Å². The summed E-state index contributed by atoms with van der Waals surface area (Å²) in [5, 5.41) is -1.06. The van der Waals surface area contributed by atoms with Gasteiger partial charge < -0.3 is 4.90 Å². The molecule has 0 saturated heterocycles. The predicted molar refractivity (Wildman–Crippen MR) is 101 cm³/mol. The lowest BCUT2D eigenvalue weighted by Gasteiger charge is -2.22. The Morgan fingerprint density at radius 2 is 1.88 bits per heavy atom. The Bertz CT molecular complexity index is 918. The first-order valence-corrected chi connectivity index (χ1v) is 10.2. The topological polar surface area (TPSA) is 54.5 Å². The number of hydrogen-bond donors (Lipinski definition) is 0. The molecule has 1 amide bonds. The Morgan fingerprint density at radius 3 is 2.64 bits per heavy atom. The maximum absolute atomic E-state index is 12.8. The predicted octanol–water partition coefficient (Wildman–Crippen LogP) is 3.20. The Morgan fingerprint density at radius 1 is 1.16 bits per heavy atom. The average Bonchev–Trinajstić information content (AvgIpc) is 3.00. The van der Waals surface area contributed by atoms with Gasteiger partial charge in [0.1, 0.15) is 5.25 Å². The zero-order valence-corrected chi connectivity index (χ0v) is 15.6. The van der Waals surface area contributed by atoms with Gasteiger partial charge >= 0.3 is 0 Å². The smallest absolute Gasteiger partial charge is 0.245 e. The van der Waals surface area contributed by atoms with Crippen molar-refractivity contribution in [2.75, 3.05) is 11.4 Å². The molecule has 2 aromatic rings. The molecular formula is C20H23NO3S. The summed E-state index contributed by atoms with van der Waals surface area (Å²) in [6.07, 6.45) is 0.770. The summed E-state index contributed by atoms with van der Waals surface area (Å²) in [4.78, 5) is 14.5. The normalized spacial score (nSPS) is 15.1. The van der Waals surface area contributed by atoms with Gasteiger partial charge in [-0.25, -0.2) is 8.42 Å². The highest BCUT2D eigenvalue weighted by Crippen LogP contribution is 2.29. The second kappa shape index (κ2) is 6.64. The van der Waals surface area contributed by atoms with E-state index in [2.05, 4.69) is 0 Å². The molecule has 1 aliphatic rings. The number of carbonyl (C=O) groups excluding carboxylic acids is 1. The highest BCUT2D eigenvalue weighted by Gasteiger charge is 2.35. The zero-order valence-electron chi connectivity index (χ0n) is 14.8. The van der Waals surface area contributed by atoms with Gasteiger partial charge in [-0.2, -0.15) is 0 Å². The van der Waals surface area contributed by atoms with Gasteiger partial charge in [-0.3, -0.25) is 4.79 Å². The van der Waals surface area contributed by atoms with Crippen LogP contribution in [-0.2, 0) is 26.8 Å². The summed E-state index contributed by atoms with van der Waals surface area (Å²) < 4.78 is 25.7. The fourth-order valence-corrected chi connectivity index (χ4v) is 4.67. The third-order valence-electron chi connectivity index (χ3n) is 4.90. The Hall–Kier alpha value is -2.14. The number of carbonyl (C=O) groups is 1. The van der Waals surface area contributed by atoms with Gasteiger partial charge in [-0.15, -0.1) is 0 Å². The van der Waals surface area contributed by atoms with Crippen LogP contribution in [0.3, 0.4) is 0 Å². The highest BCUT2D eigenvalue weighted by atomic mass is 32.2. The lowest BCUT2D eigenvalue weighted by Crippen LogP contribution is -2.41. The third-order valence-corrected chi connectivity index (χ3v) is 6.89. The van der Waals surface area contributed by atoms with Crippen molar-refractivity contribution in [1.29, 1.82) is 0 Å². The first-order chi connectivity index (χ1) is 11.8. The van der Waals surface area contributed by atoms with E-state index in [1.165, 1.54) is 6.92 Å². The minimum Gasteiger partial charge on any atom is -0.311 e. The number of rotatable bonds is 4. The van der Waals surface area contributed by atoms with Crippen LogP contribution in [0.15, 0.2) is 42.5 Å². The molecule has 4 nitrogen and oxygen atoms in total. The number of nitrogens with zero attached hydrogens (tertiary/aromatic N) is 1. The van der Waals surface area contributed by atoms with Gasteiger partial charge in [0.05, 0.1) is 5.75 Å². The van der Waals surface area contributed by atoms with Gasteiger partial charge in [0.2, 0.25) is 5.91 Å². The monoisotopic (exact) mass is 357 g/mol. The number of hydrogen-bond acceptors (Lipinski definition) is 3. The molecule has 0 N–H and O–H groups in total. The summed E-state index contributed by atoms with van der Waals surface area (Å²) in [5.41, 5.74) is 4.64. The standard InChI is InChI=1S/C20H23NO3S/c1-14-8-9-15(2)18(12-14)13-25(23,24)16(3)20(22)21-11-10-17-6-4-5-7-19(17)21/h4-9,12,16H,10-11,13H2,1-3H3. The number of para-hydroxylation sites is 1. The molecule has 2 aromatic carbocycles. The van der Waals surface area contributed by atoms with E-state index in [9.17, 15) is 13.2 Å². The molecule has 5 heteroatoms. The molecule has 0 bridgehead atoms. The van der Waals surface area contributed by atoms with Gasteiger partial charge in [0, 0.05) is 12.2 Å². The molecule has 3 rings (SSSR count). The van der Waals surface area contributed by atoms with Crippen LogP contribution in [0, 0.1) is 13.8 Å². The van der Waals surface area contributed by atoms with Crippen molar-refractivity contribution in [2.24, 2.45) is 0 Å². The Balaban J connectivity index is 1.83. The second-order valence-corrected chi connectivity index (χ2v) is 9.07. The van der Waals surface area contributed by atoms with E-state index in [1.807, 2.05) is 56.3 Å². The van der Waals surface area contributed by atoms with Gasteiger partial charge in [-0.05, 0) is 49.9 Å². The lowest BCUT2D eigenvalue weighted by atomic mass is 10.1. The van der Waals surface area contributed by atoms with Crippen LogP contribution in [0.5, 0.6) is 0 Å². The number of fused-ring (bicyclic) bond motifs is 1. The van der Waals surface area contributed by atoms with Crippen LogP contribution in [0.1, 0.15) is 29.2 Å². The SMILES string of the molecule is Cc1ccc(C)c(CS(=O)(=O)C(C)C(=O)N2CCc3ccccc32)c1. The number of benzene rings is 2. The third kappa shape index (κ3) is 3.47. The first kappa shape index (κ1) is 17.7. The van der Waals surface area contributed by atoms with E-state index >= 15 is 0 Å². The molecule has 0 aromatic heterocycles. The number of amides is 1. The molecule has 132 valence electrons. The van der Waals surface area contributed by atoms with E-state index < -0.39 is 15.1 Å². The molecule has 25 heavy (non-hydrogen) atoms. The molecule has 0 radical (unpaired) electrons. The molecule has 1 atom stereocenters. The van der Waals surface area contributed by atoms with Crippen molar-refractivity contribution in [3.63, 3.8) is 0 Å². The molecule has 1 heterocycles. The largest absolute Gasteiger partial charge is 0.311 e. The minimum atomic E-state index is -3.58. The van der Waals surface area contributed by atoms with Crippen LogP contribution in [0.2, 0.25) is 0 Å².